The largest absolute Gasteiger partial charge is 0.302 e. The van der Waals surface area contributed by atoms with Gasteiger partial charge in [0.15, 0.2) is 0 Å². The van der Waals surface area contributed by atoms with E-state index in [0.29, 0.717) is 18.0 Å². The molecule has 5 heteroatoms. The van der Waals surface area contributed by atoms with Crippen molar-refractivity contribution in [3.8, 4) is 0 Å². The first-order valence-electron chi connectivity index (χ1n) is 6.92. The molecule has 0 unspecified atom stereocenters. The molecule has 1 aromatic carbocycles. The highest BCUT2D eigenvalue weighted by Crippen LogP contribution is 2.15. The minimum absolute atomic E-state index is 0.387. The second-order valence-electron chi connectivity index (χ2n) is 4.86. The predicted molar refractivity (Wildman–Crippen MR) is 76.5 cm³/mol. The lowest BCUT2D eigenvalue weighted by atomic mass is 10.4. The van der Waals surface area contributed by atoms with Crippen LogP contribution in [0.1, 0.15) is 19.8 Å². The van der Waals surface area contributed by atoms with Gasteiger partial charge in [0, 0.05) is 19.6 Å². The Morgan fingerprint density at radius 1 is 1.16 bits per heavy atom. The Balaban J connectivity index is 2.03. The van der Waals surface area contributed by atoms with Crippen molar-refractivity contribution in [1.82, 2.24) is 9.21 Å². The van der Waals surface area contributed by atoms with Gasteiger partial charge in [-0.25, -0.2) is 8.42 Å². The van der Waals surface area contributed by atoms with E-state index in [1.807, 2.05) is 13.0 Å². The predicted octanol–water partition coefficient (Wildman–Crippen LogP) is 1.79. The average molecular weight is 282 g/mol. The monoisotopic (exact) mass is 282 g/mol. The third kappa shape index (κ3) is 3.55. The van der Waals surface area contributed by atoms with Gasteiger partial charge in [-0.1, -0.05) is 25.1 Å². The van der Waals surface area contributed by atoms with Gasteiger partial charge in [-0.15, -0.1) is 0 Å². The number of likely N-dealkylation sites (N-methyl/N-ethyl adjacent to an activating group) is 1. The first-order valence-corrected chi connectivity index (χ1v) is 8.36. The Hall–Kier alpha value is -0.910. The van der Waals surface area contributed by atoms with E-state index in [9.17, 15) is 8.42 Å². The van der Waals surface area contributed by atoms with Crippen molar-refractivity contribution in [3.63, 3.8) is 0 Å². The molecule has 0 N–H and O–H groups in total. The van der Waals surface area contributed by atoms with Gasteiger partial charge < -0.3 is 4.90 Å². The molecule has 0 saturated carbocycles. The second kappa shape index (κ2) is 6.50. The van der Waals surface area contributed by atoms with Gasteiger partial charge in [-0.05, 0) is 38.1 Å². The van der Waals surface area contributed by atoms with E-state index in [2.05, 4.69) is 4.90 Å². The van der Waals surface area contributed by atoms with Crippen LogP contribution < -0.4 is 0 Å². The van der Waals surface area contributed by atoms with E-state index >= 15 is 0 Å². The summed E-state index contributed by atoms with van der Waals surface area (Å²) in [5.41, 5.74) is 0. The van der Waals surface area contributed by atoms with Crippen LogP contribution in [-0.2, 0) is 10.0 Å². The number of nitrogens with zero attached hydrogens (tertiary/aromatic N) is 2. The molecule has 0 aliphatic carbocycles. The molecular formula is C14H22N2O2S. The van der Waals surface area contributed by atoms with Gasteiger partial charge in [0.2, 0.25) is 10.0 Å². The number of rotatable bonds is 6. The zero-order valence-corrected chi connectivity index (χ0v) is 12.3. The van der Waals surface area contributed by atoms with Crippen molar-refractivity contribution >= 4 is 10.0 Å². The highest BCUT2D eigenvalue weighted by atomic mass is 32.2. The maximum atomic E-state index is 12.5. The molecule has 1 fully saturated rings. The van der Waals surface area contributed by atoms with Gasteiger partial charge in [-0.3, -0.25) is 0 Å². The number of hydrogen-bond donors (Lipinski definition) is 0. The SMILES string of the molecule is CCN(CCN1CCCC1)S(=O)(=O)c1ccccc1. The van der Waals surface area contributed by atoms with Gasteiger partial charge in [0.25, 0.3) is 0 Å². The van der Waals surface area contributed by atoms with E-state index in [0.717, 1.165) is 19.6 Å². The molecule has 0 spiro atoms. The van der Waals surface area contributed by atoms with Crippen LogP contribution in [0.3, 0.4) is 0 Å². The summed E-state index contributed by atoms with van der Waals surface area (Å²) in [5, 5.41) is 0. The number of sulfonamides is 1. The van der Waals surface area contributed by atoms with Crippen LogP contribution in [-0.4, -0.2) is 50.3 Å². The maximum Gasteiger partial charge on any atom is 0.243 e. The summed E-state index contributed by atoms with van der Waals surface area (Å²) in [6.07, 6.45) is 2.47. The normalized spacial score (nSPS) is 17.2. The summed E-state index contributed by atoms with van der Waals surface area (Å²) in [6.45, 7) is 6.02. The number of likely N-dealkylation sites (tertiary alicyclic amines) is 1. The van der Waals surface area contributed by atoms with Crippen molar-refractivity contribution in [3.05, 3.63) is 30.3 Å². The summed E-state index contributed by atoms with van der Waals surface area (Å²) < 4.78 is 26.5. The Bertz CT molecular complexity index is 481. The second-order valence-corrected chi connectivity index (χ2v) is 6.80. The molecule has 2 rings (SSSR count). The number of hydrogen-bond acceptors (Lipinski definition) is 3. The molecule has 0 aromatic heterocycles. The highest BCUT2D eigenvalue weighted by molar-refractivity contribution is 7.89. The fraction of sp³-hybridized carbons (Fsp3) is 0.571. The Kier molecular flexibility index (Phi) is 4.96. The summed E-state index contributed by atoms with van der Waals surface area (Å²) in [4.78, 5) is 2.72. The zero-order valence-electron chi connectivity index (χ0n) is 11.5. The van der Waals surface area contributed by atoms with Gasteiger partial charge in [0.1, 0.15) is 0 Å². The minimum Gasteiger partial charge on any atom is -0.302 e. The van der Waals surface area contributed by atoms with Gasteiger partial charge in [-0.2, -0.15) is 4.31 Å². The third-order valence-corrected chi connectivity index (χ3v) is 5.59. The molecule has 0 bridgehead atoms. The zero-order chi connectivity index (χ0) is 13.7. The quantitative estimate of drug-likeness (QED) is 0.799. The van der Waals surface area contributed by atoms with Crippen molar-refractivity contribution in [2.24, 2.45) is 0 Å². The Morgan fingerprint density at radius 2 is 1.79 bits per heavy atom. The molecule has 1 aromatic rings. The first kappa shape index (κ1) is 14.5. The molecule has 0 amide bonds. The highest BCUT2D eigenvalue weighted by Gasteiger charge is 2.23. The molecule has 1 heterocycles. The van der Waals surface area contributed by atoms with Crippen LogP contribution >= 0.6 is 0 Å². The fourth-order valence-corrected chi connectivity index (χ4v) is 3.91. The molecule has 106 valence electrons. The van der Waals surface area contributed by atoms with Gasteiger partial charge in [0.05, 0.1) is 4.90 Å². The Labute approximate surface area is 116 Å². The lowest BCUT2D eigenvalue weighted by Crippen LogP contribution is -2.37. The first-order chi connectivity index (χ1) is 9.14. The lowest BCUT2D eigenvalue weighted by Gasteiger charge is -2.23. The van der Waals surface area contributed by atoms with Crippen molar-refractivity contribution < 1.29 is 8.42 Å². The average Bonchev–Trinajstić information content (AvgIpc) is 2.93. The molecule has 1 aliphatic rings. The molecular weight excluding hydrogens is 260 g/mol. The fourth-order valence-electron chi connectivity index (χ4n) is 2.45. The van der Waals surface area contributed by atoms with Crippen molar-refractivity contribution in [2.75, 3.05) is 32.7 Å². The summed E-state index contributed by atoms with van der Waals surface area (Å²) >= 11 is 0. The molecule has 1 saturated heterocycles. The molecule has 0 atom stereocenters. The van der Waals surface area contributed by atoms with Crippen LogP contribution in [0.4, 0.5) is 0 Å². The standard InChI is InChI=1S/C14H22N2O2S/c1-2-16(13-12-15-10-6-7-11-15)19(17,18)14-8-4-3-5-9-14/h3-5,8-9H,2,6-7,10-13H2,1H3. The van der Waals surface area contributed by atoms with Crippen molar-refractivity contribution in [1.29, 1.82) is 0 Å². The summed E-state index contributed by atoms with van der Waals surface area (Å²) in [7, 11) is -3.34. The van der Waals surface area contributed by atoms with Crippen LogP contribution in [0.2, 0.25) is 0 Å². The maximum absolute atomic E-state index is 12.5. The summed E-state index contributed by atoms with van der Waals surface area (Å²) in [6, 6.07) is 8.68. The van der Waals surface area contributed by atoms with Crippen molar-refractivity contribution in [2.45, 2.75) is 24.7 Å². The van der Waals surface area contributed by atoms with E-state index < -0.39 is 10.0 Å². The van der Waals surface area contributed by atoms with Gasteiger partial charge >= 0.3 is 0 Å². The molecule has 0 radical (unpaired) electrons. The summed E-state index contributed by atoms with van der Waals surface area (Å²) in [5.74, 6) is 0. The molecule has 1 aliphatic heterocycles. The smallest absolute Gasteiger partial charge is 0.243 e. The van der Waals surface area contributed by atoms with Crippen LogP contribution in [0.15, 0.2) is 35.2 Å². The van der Waals surface area contributed by atoms with Crippen LogP contribution in [0, 0.1) is 0 Å². The Morgan fingerprint density at radius 3 is 2.37 bits per heavy atom. The molecule has 19 heavy (non-hydrogen) atoms. The van der Waals surface area contributed by atoms with E-state index in [4.69, 9.17) is 0 Å². The van der Waals surface area contributed by atoms with E-state index in [1.165, 1.54) is 12.8 Å². The molecule has 4 nitrogen and oxygen atoms in total. The van der Waals surface area contributed by atoms with E-state index in [-0.39, 0.29) is 0 Å². The van der Waals surface area contributed by atoms with Crippen LogP contribution in [0.25, 0.3) is 0 Å². The number of benzene rings is 1. The topological polar surface area (TPSA) is 40.6 Å². The lowest BCUT2D eigenvalue weighted by molar-refractivity contribution is 0.299. The third-order valence-electron chi connectivity index (χ3n) is 3.60. The van der Waals surface area contributed by atoms with E-state index in [1.54, 1.807) is 28.6 Å². The minimum atomic E-state index is -3.34. The van der Waals surface area contributed by atoms with Crippen LogP contribution in [0.5, 0.6) is 0 Å².